The van der Waals surface area contributed by atoms with Crippen LogP contribution in [0.1, 0.15) is 5.56 Å². The molecule has 1 amide bonds. The average Bonchev–Trinajstić information content (AvgIpc) is 2.47. The van der Waals surface area contributed by atoms with Crippen LogP contribution in [0.25, 0.3) is 0 Å². The third-order valence-corrected chi connectivity index (χ3v) is 3.15. The summed E-state index contributed by atoms with van der Waals surface area (Å²) >= 11 is 6.00. The third kappa shape index (κ3) is 3.95. The molecule has 114 valence electrons. The molecule has 0 radical (unpaired) electrons. The van der Waals surface area contributed by atoms with E-state index in [4.69, 9.17) is 16.3 Å². The van der Waals surface area contributed by atoms with Gasteiger partial charge in [0.25, 0.3) is 11.6 Å². The SMILES string of the molecule is Cc1cccc(Cl)c1OCC(=O)Nc1cccc([N+](=O)[O-])c1. The summed E-state index contributed by atoms with van der Waals surface area (Å²) in [6.07, 6.45) is 0. The second kappa shape index (κ2) is 6.91. The molecular weight excluding hydrogens is 308 g/mol. The predicted octanol–water partition coefficient (Wildman–Crippen LogP) is 3.57. The fourth-order valence-corrected chi connectivity index (χ4v) is 2.11. The van der Waals surface area contributed by atoms with Gasteiger partial charge in [-0.05, 0) is 24.6 Å². The smallest absolute Gasteiger partial charge is 0.271 e. The number of nitrogens with zero attached hydrogens (tertiary/aromatic N) is 1. The van der Waals surface area contributed by atoms with E-state index in [-0.39, 0.29) is 12.3 Å². The fraction of sp³-hybridized carbons (Fsp3) is 0.133. The van der Waals surface area contributed by atoms with Gasteiger partial charge >= 0.3 is 0 Å². The molecule has 0 unspecified atom stereocenters. The van der Waals surface area contributed by atoms with Crippen molar-refractivity contribution in [3.05, 3.63) is 63.2 Å². The molecule has 0 bridgehead atoms. The number of hydrogen-bond acceptors (Lipinski definition) is 4. The predicted molar refractivity (Wildman–Crippen MR) is 83.4 cm³/mol. The second-order valence-electron chi connectivity index (χ2n) is 4.53. The number of nitrogens with one attached hydrogen (secondary N) is 1. The molecule has 2 aromatic carbocycles. The highest BCUT2D eigenvalue weighted by Crippen LogP contribution is 2.27. The minimum absolute atomic E-state index is 0.0966. The molecular formula is C15H13ClN2O4. The first-order valence-corrected chi connectivity index (χ1v) is 6.77. The number of hydrogen-bond donors (Lipinski definition) is 1. The Morgan fingerprint density at radius 1 is 1.32 bits per heavy atom. The minimum Gasteiger partial charge on any atom is -0.482 e. The van der Waals surface area contributed by atoms with Crippen LogP contribution in [0, 0.1) is 17.0 Å². The van der Waals surface area contributed by atoms with E-state index in [2.05, 4.69) is 5.32 Å². The van der Waals surface area contributed by atoms with E-state index in [1.807, 2.05) is 13.0 Å². The molecule has 0 aliphatic rings. The summed E-state index contributed by atoms with van der Waals surface area (Å²) in [5.41, 5.74) is 1.05. The Balaban J connectivity index is 1.99. The van der Waals surface area contributed by atoms with Gasteiger partial charge in [0.1, 0.15) is 5.75 Å². The maximum absolute atomic E-state index is 11.8. The number of halogens is 1. The molecule has 0 aliphatic heterocycles. The Morgan fingerprint density at radius 2 is 2.05 bits per heavy atom. The van der Waals surface area contributed by atoms with Crippen LogP contribution in [0.2, 0.25) is 5.02 Å². The lowest BCUT2D eigenvalue weighted by Crippen LogP contribution is -2.20. The molecule has 0 aromatic heterocycles. The highest BCUT2D eigenvalue weighted by molar-refractivity contribution is 6.32. The number of carbonyl (C=O) groups excluding carboxylic acids is 1. The summed E-state index contributed by atoms with van der Waals surface area (Å²) < 4.78 is 5.40. The van der Waals surface area contributed by atoms with Crippen LogP contribution in [-0.4, -0.2) is 17.4 Å². The first kappa shape index (κ1) is 15.8. The van der Waals surface area contributed by atoms with E-state index in [0.717, 1.165) is 5.56 Å². The Morgan fingerprint density at radius 3 is 2.73 bits per heavy atom. The van der Waals surface area contributed by atoms with Gasteiger partial charge in [-0.1, -0.05) is 29.8 Å². The maximum Gasteiger partial charge on any atom is 0.271 e. The van der Waals surface area contributed by atoms with Crippen molar-refractivity contribution in [3.8, 4) is 5.75 Å². The van der Waals surface area contributed by atoms with Crippen molar-refractivity contribution in [2.75, 3.05) is 11.9 Å². The van der Waals surface area contributed by atoms with E-state index >= 15 is 0 Å². The van der Waals surface area contributed by atoms with Crippen molar-refractivity contribution < 1.29 is 14.5 Å². The van der Waals surface area contributed by atoms with Crippen LogP contribution in [0.5, 0.6) is 5.75 Å². The van der Waals surface area contributed by atoms with Gasteiger partial charge in [-0.2, -0.15) is 0 Å². The van der Waals surface area contributed by atoms with E-state index in [1.54, 1.807) is 18.2 Å². The lowest BCUT2D eigenvalue weighted by molar-refractivity contribution is -0.384. The number of non-ortho nitro benzene ring substituents is 1. The Kier molecular flexibility index (Phi) is 4.95. The first-order chi connectivity index (χ1) is 10.5. The van der Waals surface area contributed by atoms with E-state index < -0.39 is 10.8 Å². The molecule has 0 fully saturated rings. The number of nitro benzene ring substituents is 1. The minimum atomic E-state index is -0.529. The molecule has 22 heavy (non-hydrogen) atoms. The molecule has 0 spiro atoms. The van der Waals surface area contributed by atoms with Crippen LogP contribution < -0.4 is 10.1 Å². The number of aryl methyl sites for hydroxylation is 1. The first-order valence-electron chi connectivity index (χ1n) is 6.39. The molecule has 2 rings (SSSR count). The zero-order chi connectivity index (χ0) is 16.1. The summed E-state index contributed by atoms with van der Waals surface area (Å²) in [5, 5.41) is 13.6. The quantitative estimate of drug-likeness (QED) is 0.674. The van der Waals surface area contributed by atoms with E-state index in [9.17, 15) is 14.9 Å². The van der Waals surface area contributed by atoms with Gasteiger partial charge in [-0.25, -0.2) is 0 Å². The van der Waals surface area contributed by atoms with Crippen LogP contribution in [-0.2, 0) is 4.79 Å². The van der Waals surface area contributed by atoms with Gasteiger partial charge < -0.3 is 10.1 Å². The number of rotatable bonds is 5. The van der Waals surface area contributed by atoms with Gasteiger partial charge in [0, 0.05) is 17.8 Å². The average molecular weight is 321 g/mol. The Bertz CT molecular complexity index is 698. The molecule has 6 nitrogen and oxygen atoms in total. The number of ether oxygens (including phenoxy) is 1. The van der Waals surface area contributed by atoms with Gasteiger partial charge in [0.05, 0.1) is 9.95 Å². The van der Waals surface area contributed by atoms with Crippen molar-refractivity contribution in [3.63, 3.8) is 0 Å². The molecule has 7 heteroatoms. The highest BCUT2D eigenvalue weighted by Gasteiger charge is 2.10. The molecule has 0 heterocycles. The maximum atomic E-state index is 11.8. The molecule has 0 saturated heterocycles. The largest absolute Gasteiger partial charge is 0.482 e. The number of benzene rings is 2. The van der Waals surface area contributed by atoms with Crippen LogP contribution in [0.4, 0.5) is 11.4 Å². The van der Waals surface area contributed by atoms with Crippen LogP contribution in [0.3, 0.4) is 0 Å². The summed E-state index contributed by atoms with van der Waals surface area (Å²) in [7, 11) is 0. The monoisotopic (exact) mass is 320 g/mol. The summed E-state index contributed by atoms with van der Waals surface area (Å²) in [5.74, 6) is 0.0122. The lowest BCUT2D eigenvalue weighted by Gasteiger charge is -2.11. The second-order valence-corrected chi connectivity index (χ2v) is 4.94. The third-order valence-electron chi connectivity index (χ3n) is 2.85. The van der Waals surface area contributed by atoms with Crippen LogP contribution >= 0.6 is 11.6 Å². The van der Waals surface area contributed by atoms with Crippen molar-refractivity contribution in [2.24, 2.45) is 0 Å². The van der Waals surface area contributed by atoms with Gasteiger partial charge in [0.2, 0.25) is 0 Å². The molecule has 0 aliphatic carbocycles. The summed E-state index contributed by atoms with van der Waals surface area (Å²) in [4.78, 5) is 22.0. The molecule has 0 saturated carbocycles. The van der Waals surface area contributed by atoms with Crippen LogP contribution in [0.15, 0.2) is 42.5 Å². The number of anilines is 1. The van der Waals surface area contributed by atoms with E-state index in [0.29, 0.717) is 16.5 Å². The fourth-order valence-electron chi connectivity index (χ4n) is 1.83. The van der Waals surface area contributed by atoms with Crippen molar-refractivity contribution in [2.45, 2.75) is 6.92 Å². The van der Waals surface area contributed by atoms with Crippen molar-refractivity contribution in [1.82, 2.24) is 0 Å². The van der Waals surface area contributed by atoms with Crippen molar-refractivity contribution >= 4 is 28.9 Å². The molecule has 2 aromatic rings. The molecule has 0 atom stereocenters. The van der Waals surface area contributed by atoms with Crippen molar-refractivity contribution in [1.29, 1.82) is 0 Å². The molecule has 1 N–H and O–H groups in total. The Labute approximate surface area is 131 Å². The van der Waals surface area contributed by atoms with Gasteiger partial charge in [-0.3, -0.25) is 14.9 Å². The van der Waals surface area contributed by atoms with E-state index in [1.165, 1.54) is 18.2 Å². The number of amides is 1. The van der Waals surface area contributed by atoms with Gasteiger partial charge in [0.15, 0.2) is 6.61 Å². The topological polar surface area (TPSA) is 81.5 Å². The number of nitro groups is 1. The summed E-state index contributed by atoms with van der Waals surface area (Å²) in [6, 6.07) is 11.0. The zero-order valence-electron chi connectivity index (χ0n) is 11.7. The van der Waals surface area contributed by atoms with Gasteiger partial charge in [-0.15, -0.1) is 0 Å². The number of para-hydroxylation sites is 1. The standard InChI is InChI=1S/C15H13ClN2O4/c1-10-4-2-7-13(16)15(10)22-9-14(19)17-11-5-3-6-12(8-11)18(20)21/h2-8H,9H2,1H3,(H,17,19). The zero-order valence-corrected chi connectivity index (χ0v) is 12.5. The Hall–Kier alpha value is -2.60. The lowest BCUT2D eigenvalue weighted by atomic mass is 10.2. The summed E-state index contributed by atoms with van der Waals surface area (Å²) in [6.45, 7) is 1.58. The normalized spacial score (nSPS) is 10.1. The number of carbonyl (C=O) groups is 1. The highest BCUT2D eigenvalue weighted by atomic mass is 35.5.